The van der Waals surface area contributed by atoms with Crippen LogP contribution in [0.15, 0.2) is 30.6 Å². The molecule has 0 aliphatic carbocycles. The molecule has 2 heterocycles. The topological polar surface area (TPSA) is 143 Å². The van der Waals surface area contributed by atoms with E-state index in [1.807, 2.05) is 0 Å². The highest BCUT2D eigenvalue weighted by molar-refractivity contribution is 5.93. The Hall–Kier alpha value is -3.49. The van der Waals surface area contributed by atoms with Crippen molar-refractivity contribution in [3.05, 3.63) is 51.8 Å². The van der Waals surface area contributed by atoms with Crippen molar-refractivity contribution < 1.29 is 9.66 Å². The Bertz CT molecular complexity index is 944. The summed E-state index contributed by atoms with van der Waals surface area (Å²) in [7, 11) is 1.38. The standard InChI is InChI=1S/C15H14N6O3/c1-24-11-6-8(5-9-7-19-15(17)20-14(9)16)10-3-2-4-18-12(10)13(11)21(22)23/h2-4,6-7H,5H2,1H3,(H4,16,17,19,20). The van der Waals surface area contributed by atoms with Crippen molar-refractivity contribution in [2.75, 3.05) is 18.6 Å². The second-order valence-corrected chi connectivity index (χ2v) is 5.06. The first-order valence-electron chi connectivity index (χ1n) is 6.97. The highest BCUT2D eigenvalue weighted by Crippen LogP contribution is 2.37. The summed E-state index contributed by atoms with van der Waals surface area (Å²) in [6, 6.07) is 5.08. The van der Waals surface area contributed by atoms with Gasteiger partial charge in [0.2, 0.25) is 5.95 Å². The van der Waals surface area contributed by atoms with Gasteiger partial charge in [0.05, 0.1) is 12.0 Å². The van der Waals surface area contributed by atoms with Crippen LogP contribution >= 0.6 is 0 Å². The van der Waals surface area contributed by atoms with E-state index in [1.54, 1.807) is 18.2 Å². The van der Waals surface area contributed by atoms with E-state index >= 15 is 0 Å². The first kappa shape index (κ1) is 15.4. The van der Waals surface area contributed by atoms with Gasteiger partial charge in [-0.05, 0) is 17.7 Å². The highest BCUT2D eigenvalue weighted by Gasteiger charge is 2.23. The largest absolute Gasteiger partial charge is 0.490 e. The number of nitrogens with two attached hydrogens (primary N) is 2. The number of anilines is 2. The van der Waals surface area contributed by atoms with Gasteiger partial charge >= 0.3 is 5.69 Å². The van der Waals surface area contributed by atoms with Crippen molar-refractivity contribution in [3.8, 4) is 5.75 Å². The minimum Gasteiger partial charge on any atom is -0.490 e. The lowest BCUT2D eigenvalue weighted by atomic mass is 10.00. The number of pyridine rings is 1. The fourth-order valence-electron chi connectivity index (χ4n) is 2.53. The lowest BCUT2D eigenvalue weighted by Gasteiger charge is -2.11. The molecule has 0 spiro atoms. The molecule has 3 aromatic rings. The average Bonchev–Trinajstić information content (AvgIpc) is 2.56. The summed E-state index contributed by atoms with van der Waals surface area (Å²) in [4.78, 5) is 22.9. The summed E-state index contributed by atoms with van der Waals surface area (Å²) in [5, 5.41) is 12.0. The van der Waals surface area contributed by atoms with Crippen molar-refractivity contribution in [3.63, 3.8) is 0 Å². The number of nitro groups is 1. The summed E-state index contributed by atoms with van der Waals surface area (Å²) >= 11 is 0. The SMILES string of the molecule is COc1cc(Cc2cnc(N)nc2N)c2cccnc2c1[N+](=O)[O-]. The van der Waals surface area contributed by atoms with Crippen LogP contribution in [0.25, 0.3) is 10.9 Å². The van der Waals surface area contributed by atoms with Gasteiger partial charge in [0.15, 0.2) is 11.3 Å². The summed E-state index contributed by atoms with van der Waals surface area (Å²) in [5.41, 5.74) is 12.9. The monoisotopic (exact) mass is 326 g/mol. The molecule has 0 atom stereocenters. The molecule has 3 rings (SSSR count). The first-order chi connectivity index (χ1) is 11.5. The number of ether oxygens (including phenoxy) is 1. The molecule has 9 nitrogen and oxygen atoms in total. The van der Waals surface area contributed by atoms with Crippen LogP contribution in [0.2, 0.25) is 0 Å². The lowest BCUT2D eigenvalue weighted by molar-refractivity contribution is -0.384. The number of fused-ring (bicyclic) bond motifs is 1. The number of nitrogens with zero attached hydrogens (tertiary/aromatic N) is 4. The van der Waals surface area contributed by atoms with E-state index in [-0.39, 0.29) is 28.7 Å². The average molecular weight is 326 g/mol. The van der Waals surface area contributed by atoms with E-state index in [0.717, 1.165) is 5.56 Å². The molecule has 0 saturated carbocycles. The molecule has 2 aromatic heterocycles. The van der Waals surface area contributed by atoms with E-state index in [2.05, 4.69) is 15.0 Å². The van der Waals surface area contributed by atoms with Gasteiger partial charge < -0.3 is 16.2 Å². The zero-order valence-electron chi connectivity index (χ0n) is 12.8. The van der Waals surface area contributed by atoms with Gasteiger partial charge in [-0.3, -0.25) is 10.1 Å². The molecule has 122 valence electrons. The van der Waals surface area contributed by atoms with Crippen molar-refractivity contribution >= 4 is 28.4 Å². The van der Waals surface area contributed by atoms with Gasteiger partial charge in [-0.1, -0.05) is 6.07 Å². The van der Waals surface area contributed by atoms with Crippen LogP contribution in [-0.2, 0) is 6.42 Å². The van der Waals surface area contributed by atoms with Gasteiger partial charge in [0.1, 0.15) is 5.82 Å². The number of hydrogen-bond donors (Lipinski definition) is 2. The van der Waals surface area contributed by atoms with Gasteiger partial charge in [-0.2, -0.15) is 4.98 Å². The van der Waals surface area contributed by atoms with E-state index in [4.69, 9.17) is 16.2 Å². The summed E-state index contributed by atoms with van der Waals surface area (Å²) in [5.74, 6) is 0.483. The van der Waals surface area contributed by atoms with Crippen LogP contribution in [0, 0.1) is 10.1 Å². The van der Waals surface area contributed by atoms with Gasteiger partial charge in [0, 0.05) is 29.8 Å². The van der Waals surface area contributed by atoms with E-state index in [0.29, 0.717) is 17.4 Å². The number of aromatic nitrogens is 3. The van der Waals surface area contributed by atoms with Crippen LogP contribution in [0.4, 0.5) is 17.5 Å². The van der Waals surface area contributed by atoms with Crippen LogP contribution in [-0.4, -0.2) is 27.0 Å². The molecule has 0 amide bonds. The predicted octanol–water partition coefficient (Wildman–Crippen LogP) is 1.70. The summed E-state index contributed by atoms with van der Waals surface area (Å²) in [6.07, 6.45) is 3.40. The second-order valence-electron chi connectivity index (χ2n) is 5.06. The Morgan fingerprint density at radius 2 is 2.08 bits per heavy atom. The van der Waals surface area contributed by atoms with Crippen LogP contribution in [0.3, 0.4) is 0 Å². The molecule has 24 heavy (non-hydrogen) atoms. The number of nitrogen functional groups attached to an aromatic ring is 2. The normalized spacial score (nSPS) is 10.7. The third kappa shape index (κ3) is 2.62. The van der Waals surface area contributed by atoms with E-state index in [1.165, 1.54) is 19.5 Å². The third-order valence-corrected chi connectivity index (χ3v) is 3.62. The zero-order chi connectivity index (χ0) is 17.3. The molecule has 4 N–H and O–H groups in total. The number of rotatable bonds is 4. The van der Waals surface area contributed by atoms with Crippen molar-refractivity contribution in [1.82, 2.24) is 15.0 Å². The Morgan fingerprint density at radius 3 is 2.75 bits per heavy atom. The zero-order valence-corrected chi connectivity index (χ0v) is 12.8. The van der Waals surface area contributed by atoms with Crippen molar-refractivity contribution in [2.24, 2.45) is 0 Å². The molecular weight excluding hydrogens is 312 g/mol. The predicted molar refractivity (Wildman–Crippen MR) is 88.6 cm³/mol. The molecular formula is C15H14N6O3. The van der Waals surface area contributed by atoms with Gasteiger partial charge in [-0.25, -0.2) is 9.97 Å². The summed E-state index contributed by atoms with van der Waals surface area (Å²) in [6.45, 7) is 0. The number of hydrogen-bond acceptors (Lipinski definition) is 8. The molecule has 0 saturated heterocycles. The van der Waals surface area contributed by atoms with E-state index < -0.39 is 4.92 Å². The molecule has 0 aliphatic heterocycles. The highest BCUT2D eigenvalue weighted by atomic mass is 16.6. The minimum absolute atomic E-state index is 0.0871. The number of benzene rings is 1. The van der Waals surface area contributed by atoms with Crippen LogP contribution < -0.4 is 16.2 Å². The fraction of sp³-hybridized carbons (Fsp3) is 0.133. The maximum Gasteiger partial charge on any atom is 0.336 e. The second kappa shape index (κ2) is 5.95. The molecule has 0 aliphatic rings. The van der Waals surface area contributed by atoms with Crippen LogP contribution in [0.5, 0.6) is 5.75 Å². The van der Waals surface area contributed by atoms with Gasteiger partial charge in [-0.15, -0.1) is 0 Å². The molecule has 0 fully saturated rings. The fourth-order valence-corrected chi connectivity index (χ4v) is 2.53. The first-order valence-corrected chi connectivity index (χ1v) is 6.97. The minimum atomic E-state index is -0.501. The Balaban J connectivity index is 2.21. The van der Waals surface area contributed by atoms with Gasteiger partial charge in [0.25, 0.3) is 0 Å². The van der Waals surface area contributed by atoms with E-state index in [9.17, 15) is 10.1 Å². The van der Waals surface area contributed by atoms with Crippen molar-refractivity contribution in [2.45, 2.75) is 6.42 Å². The molecule has 0 bridgehead atoms. The maximum absolute atomic E-state index is 11.4. The van der Waals surface area contributed by atoms with Crippen LogP contribution in [0.1, 0.15) is 11.1 Å². The maximum atomic E-state index is 11.4. The lowest BCUT2D eigenvalue weighted by Crippen LogP contribution is -2.05. The summed E-state index contributed by atoms with van der Waals surface area (Å²) < 4.78 is 5.18. The quantitative estimate of drug-likeness (QED) is 0.544. The smallest absolute Gasteiger partial charge is 0.336 e. The Kier molecular flexibility index (Phi) is 3.82. The van der Waals surface area contributed by atoms with Crippen molar-refractivity contribution in [1.29, 1.82) is 0 Å². The molecule has 1 aromatic carbocycles. The molecule has 9 heteroatoms. The molecule has 0 unspecified atom stereocenters. The molecule has 0 radical (unpaired) electrons. The number of methoxy groups -OCH3 is 1. The Labute approximate surface area is 136 Å². The number of nitro benzene ring substituents is 1. The Morgan fingerprint density at radius 1 is 1.29 bits per heavy atom. The third-order valence-electron chi connectivity index (χ3n) is 3.62.